The van der Waals surface area contributed by atoms with Crippen molar-refractivity contribution in [3.63, 3.8) is 0 Å². The van der Waals surface area contributed by atoms with Crippen LogP contribution in [0.15, 0.2) is 18.2 Å². The molecule has 0 spiro atoms. The Morgan fingerprint density at radius 1 is 1.25 bits per heavy atom. The van der Waals surface area contributed by atoms with Crippen LogP contribution in [0.3, 0.4) is 0 Å². The molecule has 0 radical (unpaired) electrons. The molecule has 1 saturated heterocycles. The first-order chi connectivity index (χ1) is 9.61. The van der Waals surface area contributed by atoms with Gasteiger partial charge in [-0.2, -0.15) is 0 Å². The molecule has 20 heavy (non-hydrogen) atoms. The fraction of sp³-hybridized carbons (Fsp3) is 0.533. The predicted octanol–water partition coefficient (Wildman–Crippen LogP) is 2.13. The number of hydrogen-bond donors (Lipinski definition) is 1. The summed E-state index contributed by atoms with van der Waals surface area (Å²) in [5.41, 5.74) is 0.199. The average Bonchev–Trinajstić information content (AvgIpc) is 2.48. The molecule has 1 N–H and O–H groups in total. The van der Waals surface area contributed by atoms with Crippen molar-refractivity contribution in [2.75, 3.05) is 27.4 Å². The molecule has 5 nitrogen and oxygen atoms in total. The highest BCUT2D eigenvalue weighted by Crippen LogP contribution is 2.37. The third-order valence-electron chi connectivity index (χ3n) is 3.89. The smallest absolute Gasteiger partial charge is 0.310 e. The van der Waals surface area contributed by atoms with Gasteiger partial charge in [0.2, 0.25) is 0 Å². The second kappa shape index (κ2) is 6.13. The number of methoxy groups -OCH3 is 2. The van der Waals surface area contributed by atoms with Crippen molar-refractivity contribution < 1.29 is 24.1 Å². The Bertz CT molecular complexity index is 477. The van der Waals surface area contributed by atoms with Gasteiger partial charge in [0, 0.05) is 13.2 Å². The van der Waals surface area contributed by atoms with E-state index in [2.05, 4.69) is 0 Å². The van der Waals surface area contributed by atoms with Crippen molar-refractivity contribution in [2.24, 2.45) is 5.41 Å². The van der Waals surface area contributed by atoms with E-state index in [1.807, 2.05) is 18.2 Å². The van der Waals surface area contributed by atoms with Gasteiger partial charge in [0.25, 0.3) is 0 Å². The van der Waals surface area contributed by atoms with E-state index in [0.717, 1.165) is 5.56 Å². The Labute approximate surface area is 118 Å². The minimum absolute atomic E-state index is 0.478. The standard InChI is InChI=1S/C15H20O5/c1-18-12-4-3-11(9-13(12)19-2)10-15(14(16)17)5-7-20-8-6-15/h3-4,9H,5-8,10H2,1-2H3,(H,16,17). The Hall–Kier alpha value is -1.75. The van der Waals surface area contributed by atoms with E-state index in [4.69, 9.17) is 14.2 Å². The fourth-order valence-corrected chi connectivity index (χ4v) is 2.61. The van der Waals surface area contributed by atoms with E-state index in [9.17, 15) is 9.90 Å². The van der Waals surface area contributed by atoms with E-state index in [1.165, 1.54) is 0 Å². The van der Waals surface area contributed by atoms with Gasteiger partial charge < -0.3 is 19.3 Å². The summed E-state index contributed by atoms with van der Waals surface area (Å²) < 4.78 is 15.7. The third kappa shape index (κ3) is 2.88. The Balaban J connectivity index is 2.25. The van der Waals surface area contributed by atoms with Crippen molar-refractivity contribution in [2.45, 2.75) is 19.3 Å². The lowest BCUT2D eigenvalue weighted by molar-refractivity contribution is -0.154. The Morgan fingerprint density at radius 2 is 1.90 bits per heavy atom. The zero-order valence-electron chi connectivity index (χ0n) is 11.8. The van der Waals surface area contributed by atoms with E-state index < -0.39 is 11.4 Å². The number of rotatable bonds is 5. The van der Waals surface area contributed by atoms with Crippen LogP contribution < -0.4 is 9.47 Å². The molecule has 110 valence electrons. The molecule has 0 bridgehead atoms. The van der Waals surface area contributed by atoms with Crippen LogP contribution in [0.25, 0.3) is 0 Å². The second-order valence-electron chi connectivity index (χ2n) is 5.06. The molecular formula is C15H20O5. The van der Waals surface area contributed by atoms with Gasteiger partial charge in [0.15, 0.2) is 11.5 Å². The molecule has 1 heterocycles. The Morgan fingerprint density at radius 3 is 2.45 bits per heavy atom. The zero-order chi connectivity index (χ0) is 14.6. The van der Waals surface area contributed by atoms with E-state index in [0.29, 0.717) is 44.0 Å². The SMILES string of the molecule is COc1ccc(CC2(C(=O)O)CCOCC2)cc1OC. The molecule has 0 aliphatic carbocycles. The maximum absolute atomic E-state index is 11.6. The van der Waals surface area contributed by atoms with Crippen LogP contribution in [0.4, 0.5) is 0 Å². The van der Waals surface area contributed by atoms with Gasteiger partial charge in [0.1, 0.15) is 0 Å². The third-order valence-corrected chi connectivity index (χ3v) is 3.89. The van der Waals surface area contributed by atoms with Crippen LogP contribution >= 0.6 is 0 Å². The van der Waals surface area contributed by atoms with Crippen LogP contribution in [0.2, 0.25) is 0 Å². The summed E-state index contributed by atoms with van der Waals surface area (Å²) in [5.74, 6) is 0.515. The van der Waals surface area contributed by atoms with E-state index in [-0.39, 0.29) is 0 Å². The lowest BCUT2D eigenvalue weighted by Crippen LogP contribution is -2.39. The molecule has 0 saturated carbocycles. The predicted molar refractivity (Wildman–Crippen MR) is 73.4 cm³/mol. The average molecular weight is 280 g/mol. The molecule has 1 aliphatic heterocycles. The summed E-state index contributed by atoms with van der Waals surface area (Å²) in [7, 11) is 3.15. The minimum atomic E-state index is -0.754. The van der Waals surface area contributed by atoms with E-state index in [1.54, 1.807) is 14.2 Å². The molecule has 0 aromatic heterocycles. The molecule has 1 aromatic rings. The molecule has 2 rings (SSSR count). The Kier molecular flexibility index (Phi) is 4.49. The highest BCUT2D eigenvalue weighted by atomic mass is 16.5. The highest BCUT2D eigenvalue weighted by Gasteiger charge is 2.40. The van der Waals surface area contributed by atoms with E-state index >= 15 is 0 Å². The minimum Gasteiger partial charge on any atom is -0.493 e. The summed E-state index contributed by atoms with van der Waals surface area (Å²) in [6, 6.07) is 5.55. The van der Waals surface area contributed by atoms with Crippen molar-refractivity contribution >= 4 is 5.97 Å². The number of carbonyl (C=O) groups is 1. The molecule has 1 fully saturated rings. The summed E-state index contributed by atoms with van der Waals surface area (Å²) in [6.07, 6.45) is 1.55. The van der Waals surface area contributed by atoms with Crippen molar-refractivity contribution in [3.8, 4) is 11.5 Å². The van der Waals surface area contributed by atoms with Crippen molar-refractivity contribution in [1.82, 2.24) is 0 Å². The molecule has 5 heteroatoms. The number of benzene rings is 1. The van der Waals surface area contributed by atoms with Gasteiger partial charge >= 0.3 is 5.97 Å². The number of aliphatic carboxylic acids is 1. The van der Waals surface area contributed by atoms with Gasteiger partial charge in [-0.25, -0.2) is 0 Å². The molecule has 1 aromatic carbocycles. The summed E-state index contributed by atoms with van der Waals surface area (Å²) in [4.78, 5) is 11.6. The topological polar surface area (TPSA) is 65.0 Å². The summed E-state index contributed by atoms with van der Waals surface area (Å²) in [6.45, 7) is 0.999. The molecule has 0 unspecified atom stereocenters. The monoisotopic (exact) mass is 280 g/mol. The summed E-state index contributed by atoms with van der Waals surface area (Å²) >= 11 is 0. The van der Waals surface area contributed by atoms with Crippen LogP contribution in [-0.2, 0) is 16.0 Å². The van der Waals surface area contributed by atoms with Gasteiger partial charge in [-0.05, 0) is 37.0 Å². The largest absolute Gasteiger partial charge is 0.493 e. The quantitative estimate of drug-likeness (QED) is 0.895. The molecular weight excluding hydrogens is 260 g/mol. The fourth-order valence-electron chi connectivity index (χ4n) is 2.61. The van der Waals surface area contributed by atoms with Gasteiger partial charge in [-0.3, -0.25) is 4.79 Å². The lowest BCUT2D eigenvalue weighted by atomic mass is 9.75. The van der Waals surface area contributed by atoms with Crippen LogP contribution in [0, 0.1) is 5.41 Å². The van der Waals surface area contributed by atoms with Gasteiger partial charge in [-0.15, -0.1) is 0 Å². The van der Waals surface area contributed by atoms with Gasteiger partial charge in [0.05, 0.1) is 19.6 Å². The molecule has 0 amide bonds. The number of ether oxygens (including phenoxy) is 3. The number of carboxylic acids is 1. The first-order valence-corrected chi connectivity index (χ1v) is 6.63. The first kappa shape index (κ1) is 14.7. The first-order valence-electron chi connectivity index (χ1n) is 6.63. The maximum atomic E-state index is 11.6. The maximum Gasteiger partial charge on any atom is 0.310 e. The van der Waals surface area contributed by atoms with Crippen molar-refractivity contribution in [1.29, 1.82) is 0 Å². The zero-order valence-corrected chi connectivity index (χ0v) is 11.8. The molecule has 1 aliphatic rings. The molecule has 0 atom stereocenters. The highest BCUT2D eigenvalue weighted by molar-refractivity contribution is 5.75. The van der Waals surface area contributed by atoms with Crippen molar-refractivity contribution in [3.05, 3.63) is 23.8 Å². The number of hydrogen-bond acceptors (Lipinski definition) is 4. The van der Waals surface area contributed by atoms with Crippen LogP contribution in [-0.4, -0.2) is 38.5 Å². The second-order valence-corrected chi connectivity index (χ2v) is 5.06. The normalized spacial score (nSPS) is 17.5. The van der Waals surface area contributed by atoms with Crippen LogP contribution in [0.1, 0.15) is 18.4 Å². The lowest BCUT2D eigenvalue weighted by Gasteiger charge is -2.33. The van der Waals surface area contributed by atoms with Crippen LogP contribution in [0.5, 0.6) is 11.5 Å². The van der Waals surface area contributed by atoms with Gasteiger partial charge in [-0.1, -0.05) is 6.07 Å². The summed E-state index contributed by atoms with van der Waals surface area (Å²) in [5, 5.41) is 9.57. The number of carboxylic acid groups (broad SMARTS) is 1.